The van der Waals surface area contributed by atoms with E-state index in [1.165, 1.54) is 5.56 Å². The third kappa shape index (κ3) is 3.70. The summed E-state index contributed by atoms with van der Waals surface area (Å²) in [5.41, 5.74) is 1.20. The summed E-state index contributed by atoms with van der Waals surface area (Å²) < 4.78 is 5.54. The zero-order valence-electron chi connectivity index (χ0n) is 11.3. The zero-order chi connectivity index (χ0) is 13.7. The number of hydrogen-bond donors (Lipinski definition) is 1. The average Bonchev–Trinajstić information content (AvgIpc) is 2.94. The van der Waals surface area contributed by atoms with Crippen molar-refractivity contribution >= 4 is 5.91 Å². The largest absolute Gasteiger partial charge is 0.484 e. The van der Waals surface area contributed by atoms with Gasteiger partial charge in [0, 0.05) is 25.6 Å². The van der Waals surface area contributed by atoms with E-state index < -0.39 is 0 Å². The molecule has 0 bridgehead atoms. The Morgan fingerprint density at radius 3 is 3.05 bits per heavy atom. The van der Waals surface area contributed by atoms with Gasteiger partial charge in [0.25, 0.3) is 5.91 Å². The van der Waals surface area contributed by atoms with Gasteiger partial charge in [-0.15, -0.1) is 0 Å². The van der Waals surface area contributed by atoms with Crippen LogP contribution in [0.3, 0.4) is 0 Å². The summed E-state index contributed by atoms with van der Waals surface area (Å²) in [5.74, 6) is 0.968. The fraction of sp³-hybridized carbons (Fsp3) is 0.533. The number of rotatable bonds is 5. The predicted octanol–water partition coefficient (Wildman–Crippen LogP) is 1.47. The van der Waals surface area contributed by atoms with Gasteiger partial charge < -0.3 is 14.7 Å². The van der Waals surface area contributed by atoms with Crippen molar-refractivity contribution in [3.05, 3.63) is 29.8 Å². The maximum atomic E-state index is 12.0. The molecule has 1 saturated heterocycles. The molecule has 4 heteroatoms. The first-order chi connectivity index (χ1) is 9.22. The summed E-state index contributed by atoms with van der Waals surface area (Å²) in [6, 6.07) is 7.82. The quantitative estimate of drug-likeness (QED) is 0.875. The lowest BCUT2D eigenvalue weighted by molar-refractivity contribution is -0.132. The van der Waals surface area contributed by atoms with Crippen LogP contribution in [0.4, 0.5) is 0 Å². The molecule has 1 unspecified atom stereocenters. The summed E-state index contributed by atoms with van der Waals surface area (Å²) in [6.45, 7) is 3.69. The highest BCUT2D eigenvalue weighted by molar-refractivity contribution is 5.78. The maximum Gasteiger partial charge on any atom is 0.260 e. The van der Waals surface area contributed by atoms with Crippen LogP contribution in [0.2, 0.25) is 0 Å². The van der Waals surface area contributed by atoms with Crippen molar-refractivity contribution in [3.63, 3.8) is 0 Å². The molecule has 0 saturated carbocycles. The Morgan fingerprint density at radius 2 is 2.37 bits per heavy atom. The fourth-order valence-corrected chi connectivity index (χ4v) is 2.30. The lowest BCUT2D eigenvalue weighted by Crippen LogP contribution is -2.33. The molecule has 1 fully saturated rings. The van der Waals surface area contributed by atoms with Gasteiger partial charge in [0.05, 0.1) is 0 Å². The minimum Gasteiger partial charge on any atom is -0.484 e. The third-order valence-electron chi connectivity index (χ3n) is 3.57. The van der Waals surface area contributed by atoms with Crippen LogP contribution in [0.1, 0.15) is 18.9 Å². The number of ether oxygens (including phenoxy) is 1. The second-order valence-corrected chi connectivity index (χ2v) is 4.97. The van der Waals surface area contributed by atoms with Crippen LogP contribution >= 0.6 is 0 Å². The predicted molar refractivity (Wildman–Crippen MR) is 73.1 cm³/mol. The zero-order valence-corrected chi connectivity index (χ0v) is 11.3. The number of nitrogens with zero attached hydrogens (tertiary/aromatic N) is 1. The molecule has 0 aromatic heterocycles. The Balaban J connectivity index is 1.83. The molecule has 0 aliphatic carbocycles. The Labute approximate surface area is 114 Å². The first-order valence-electron chi connectivity index (χ1n) is 6.83. The standard InChI is InChI=1S/C15H21NO3/c1-2-12-4-3-5-14(8-12)19-11-15(18)16-7-6-13(9-16)10-17/h3-5,8,13,17H,2,6-7,9-11H2,1H3. The van der Waals surface area contributed by atoms with Crippen LogP contribution in [0.5, 0.6) is 5.75 Å². The minimum atomic E-state index is -0.00199. The lowest BCUT2D eigenvalue weighted by Gasteiger charge is -2.16. The number of carbonyl (C=O) groups is 1. The molecule has 2 rings (SSSR count). The van der Waals surface area contributed by atoms with E-state index in [1.54, 1.807) is 4.90 Å². The Morgan fingerprint density at radius 1 is 1.53 bits per heavy atom. The number of aryl methyl sites for hydroxylation is 1. The third-order valence-corrected chi connectivity index (χ3v) is 3.57. The molecule has 19 heavy (non-hydrogen) atoms. The van der Waals surface area contributed by atoms with Gasteiger partial charge >= 0.3 is 0 Å². The van der Waals surface area contributed by atoms with Crippen molar-refractivity contribution in [2.45, 2.75) is 19.8 Å². The van der Waals surface area contributed by atoms with Gasteiger partial charge in [0.2, 0.25) is 0 Å². The first-order valence-corrected chi connectivity index (χ1v) is 6.83. The topological polar surface area (TPSA) is 49.8 Å². The second kappa shape index (κ2) is 6.57. The van der Waals surface area contributed by atoms with E-state index in [-0.39, 0.29) is 25.0 Å². The highest BCUT2D eigenvalue weighted by Crippen LogP contribution is 2.17. The van der Waals surface area contributed by atoms with E-state index in [9.17, 15) is 4.79 Å². The molecule has 104 valence electrons. The van der Waals surface area contributed by atoms with Crippen LogP contribution in [-0.2, 0) is 11.2 Å². The number of likely N-dealkylation sites (tertiary alicyclic amines) is 1. The molecule has 1 amide bonds. The molecule has 1 aliphatic rings. The van der Waals surface area contributed by atoms with E-state index >= 15 is 0 Å². The van der Waals surface area contributed by atoms with Crippen molar-refractivity contribution in [1.82, 2.24) is 4.90 Å². The fourth-order valence-electron chi connectivity index (χ4n) is 2.30. The van der Waals surface area contributed by atoms with Crippen LogP contribution < -0.4 is 4.74 Å². The van der Waals surface area contributed by atoms with Crippen molar-refractivity contribution in [2.75, 3.05) is 26.3 Å². The van der Waals surface area contributed by atoms with E-state index in [0.717, 1.165) is 25.1 Å². The highest BCUT2D eigenvalue weighted by atomic mass is 16.5. The molecule has 4 nitrogen and oxygen atoms in total. The number of benzene rings is 1. The molecular weight excluding hydrogens is 242 g/mol. The summed E-state index contributed by atoms with van der Waals surface area (Å²) in [7, 11) is 0. The summed E-state index contributed by atoms with van der Waals surface area (Å²) in [5, 5.41) is 9.06. The van der Waals surface area contributed by atoms with Gasteiger partial charge in [-0.1, -0.05) is 19.1 Å². The molecule has 0 radical (unpaired) electrons. The SMILES string of the molecule is CCc1cccc(OCC(=O)N2CCC(CO)C2)c1. The normalized spacial score (nSPS) is 18.6. The number of amides is 1. The van der Waals surface area contributed by atoms with Gasteiger partial charge in [-0.05, 0) is 30.5 Å². The van der Waals surface area contributed by atoms with Gasteiger partial charge in [0.1, 0.15) is 5.75 Å². The summed E-state index contributed by atoms with van der Waals surface area (Å²) >= 11 is 0. The van der Waals surface area contributed by atoms with Crippen molar-refractivity contribution in [1.29, 1.82) is 0 Å². The summed E-state index contributed by atoms with van der Waals surface area (Å²) in [4.78, 5) is 13.7. The van der Waals surface area contributed by atoms with Gasteiger partial charge in [-0.25, -0.2) is 0 Å². The molecule has 0 spiro atoms. The second-order valence-electron chi connectivity index (χ2n) is 4.97. The number of hydrogen-bond acceptors (Lipinski definition) is 3. The van der Waals surface area contributed by atoms with E-state index in [4.69, 9.17) is 9.84 Å². The molecule has 1 atom stereocenters. The number of aliphatic hydroxyl groups excluding tert-OH is 1. The lowest BCUT2D eigenvalue weighted by atomic mass is 10.1. The molecule has 1 aromatic carbocycles. The van der Waals surface area contributed by atoms with Gasteiger partial charge in [-0.3, -0.25) is 4.79 Å². The number of aliphatic hydroxyl groups is 1. The van der Waals surface area contributed by atoms with Crippen molar-refractivity contribution in [2.24, 2.45) is 5.92 Å². The highest BCUT2D eigenvalue weighted by Gasteiger charge is 2.25. The van der Waals surface area contributed by atoms with Crippen LogP contribution in [0, 0.1) is 5.92 Å². The molecule has 1 heterocycles. The Kier molecular flexibility index (Phi) is 4.80. The van der Waals surface area contributed by atoms with Crippen LogP contribution in [-0.4, -0.2) is 42.2 Å². The minimum absolute atomic E-state index is 0.00199. The Hall–Kier alpha value is -1.55. The monoisotopic (exact) mass is 263 g/mol. The van der Waals surface area contributed by atoms with E-state index in [0.29, 0.717) is 6.54 Å². The maximum absolute atomic E-state index is 12.0. The van der Waals surface area contributed by atoms with Crippen LogP contribution in [0.15, 0.2) is 24.3 Å². The van der Waals surface area contributed by atoms with Crippen molar-refractivity contribution in [3.8, 4) is 5.75 Å². The van der Waals surface area contributed by atoms with Crippen LogP contribution in [0.25, 0.3) is 0 Å². The van der Waals surface area contributed by atoms with E-state index in [1.807, 2.05) is 24.3 Å². The average molecular weight is 263 g/mol. The molecule has 1 N–H and O–H groups in total. The summed E-state index contributed by atoms with van der Waals surface area (Å²) in [6.07, 6.45) is 1.84. The molecule has 1 aliphatic heterocycles. The van der Waals surface area contributed by atoms with E-state index in [2.05, 4.69) is 6.92 Å². The Bertz CT molecular complexity index is 433. The van der Waals surface area contributed by atoms with Gasteiger partial charge in [0.15, 0.2) is 6.61 Å². The molecule has 1 aromatic rings. The smallest absolute Gasteiger partial charge is 0.260 e. The van der Waals surface area contributed by atoms with Gasteiger partial charge in [-0.2, -0.15) is 0 Å². The molecular formula is C15H21NO3. The number of carbonyl (C=O) groups excluding carboxylic acids is 1. The first kappa shape index (κ1) is 13.9. The van der Waals surface area contributed by atoms with Crippen molar-refractivity contribution < 1.29 is 14.6 Å².